The quantitative estimate of drug-likeness (QED) is 0.303. The minimum Gasteiger partial charge on any atom is -1.00 e. The molecule has 1 aliphatic carbocycles. The first-order chi connectivity index (χ1) is 14.9. The van der Waals surface area contributed by atoms with Crippen LogP contribution >= 0.6 is 0 Å². The second-order valence-corrected chi connectivity index (χ2v) is 19.3. The second-order valence-electron chi connectivity index (χ2n) is 9.96. The van der Waals surface area contributed by atoms with E-state index in [0.29, 0.717) is 5.92 Å². The standard InChI is InChI=1S/C19H19.C9H13.C2H6Si.2ClH.Zr/c1-19(2,3)16-11-8-15(9-12-16)18-13-10-14-6-4-5-7-17(14)18;1-6-5-7(2)9(4)8(6)3;1-3-2;;;/h4-13H,1-3H3;6H,1-4H3;1-2H3;2*1H;/q2*-1;;;;+2/p-2. The number of fused-ring (bicyclic) bond motifs is 1. The largest absolute Gasteiger partial charge is 1.00 e. The first-order valence-corrected chi connectivity index (χ1v) is 17.7. The summed E-state index contributed by atoms with van der Waals surface area (Å²) in [5.74, 6) is 0.560. The van der Waals surface area contributed by atoms with Crippen LogP contribution in [0.4, 0.5) is 0 Å². The van der Waals surface area contributed by atoms with Crippen LogP contribution in [0.2, 0.25) is 13.1 Å². The summed E-state index contributed by atoms with van der Waals surface area (Å²) in [5, 5.41) is 2.66. The van der Waals surface area contributed by atoms with Crippen LogP contribution in [0.5, 0.6) is 0 Å². The van der Waals surface area contributed by atoms with Crippen molar-refractivity contribution in [2.24, 2.45) is 5.92 Å². The maximum Gasteiger partial charge on any atom is -1.00 e. The summed E-state index contributed by atoms with van der Waals surface area (Å²) in [7, 11) is 0. The van der Waals surface area contributed by atoms with Gasteiger partial charge in [0.2, 0.25) is 0 Å². The fraction of sp³-hybridized carbons (Fsp3) is 0.367. The van der Waals surface area contributed by atoms with Crippen molar-refractivity contribution in [2.75, 3.05) is 0 Å². The van der Waals surface area contributed by atoms with E-state index in [1.807, 2.05) is 0 Å². The summed E-state index contributed by atoms with van der Waals surface area (Å²) < 4.78 is 0. The first-order valence-electron chi connectivity index (χ1n) is 11.5. The topological polar surface area (TPSA) is 0 Å². The van der Waals surface area contributed by atoms with Crippen LogP contribution in [0.15, 0.2) is 77.4 Å². The first kappa shape index (κ1) is 33.2. The zero-order chi connectivity index (χ0) is 24.1. The van der Waals surface area contributed by atoms with Crippen LogP contribution in [0.25, 0.3) is 21.9 Å². The predicted molar refractivity (Wildman–Crippen MR) is 141 cm³/mol. The molecule has 0 saturated heterocycles. The summed E-state index contributed by atoms with van der Waals surface area (Å²) in [5.41, 5.74) is 8.68. The molecule has 0 aromatic heterocycles. The predicted octanol–water partition coefficient (Wildman–Crippen LogP) is 3.04. The Morgan fingerprint density at radius 2 is 1.44 bits per heavy atom. The number of rotatable bonds is 1. The van der Waals surface area contributed by atoms with Gasteiger partial charge in [-0.05, 0) is 11.0 Å². The molecular weight excluding hydrogens is 551 g/mol. The van der Waals surface area contributed by atoms with Crippen molar-refractivity contribution >= 4 is 16.2 Å². The summed E-state index contributed by atoms with van der Waals surface area (Å²) in [6.07, 6.45) is 3.36. The Hall–Kier alpha value is -0.790. The van der Waals surface area contributed by atoms with Gasteiger partial charge in [-0.25, -0.2) is 5.57 Å². The summed E-state index contributed by atoms with van der Waals surface area (Å²) in [6, 6.07) is 22.0. The third-order valence-electron chi connectivity index (χ3n) is 5.98. The maximum absolute atomic E-state index is 3.36. The van der Waals surface area contributed by atoms with E-state index in [9.17, 15) is 0 Å². The molecule has 182 valence electrons. The van der Waals surface area contributed by atoms with Crippen molar-refractivity contribution in [3.05, 3.63) is 89.0 Å². The molecule has 1 atom stereocenters. The van der Waals surface area contributed by atoms with Crippen molar-refractivity contribution in [1.82, 2.24) is 0 Å². The van der Waals surface area contributed by atoms with E-state index in [-0.39, 0.29) is 35.7 Å². The van der Waals surface area contributed by atoms with Crippen LogP contribution in [0.1, 0.15) is 54.0 Å². The zero-order valence-corrected chi connectivity index (χ0v) is 27.1. The molecule has 4 rings (SSSR count). The normalized spacial score (nSPS) is 14.7. The molecule has 0 radical (unpaired) electrons. The van der Waals surface area contributed by atoms with Crippen molar-refractivity contribution in [2.45, 2.75) is 67.0 Å². The Morgan fingerprint density at radius 3 is 1.85 bits per heavy atom. The Bertz CT molecular complexity index is 1120. The smallest absolute Gasteiger partial charge is 1.00 e. The van der Waals surface area contributed by atoms with Crippen LogP contribution in [-0.4, -0.2) is 5.43 Å². The second kappa shape index (κ2) is 14.7. The van der Waals surface area contributed by atoms with Gasteiger partial charge < -0.3 is 24.8 Å². The molecule has 0 heterocycles. The van der Waals surface area contributed by atoms with Gasteiger partial charge in [-0.1, -0.05) is 83.4 Å². The van der Waals surface area contributed by atoms with E-state index in [2.05, 4.69) is 128 Å². The van der Waals surface area contributed by atoms with Gasteiger partial charge in [0, 0.05) is 0 Å². The number of hydrogen-bond acceptors (Lipinski definition) is 0. The van der Waals surface area contributed by atoms with Crippen molar-refractivity contribution < 1.29 is 48.1 Å². The summed E-state index contributed by atoms with van der Waals surface area (Å²) in [6.45, 7) is 20.0. The van der Waals surface area contributed by atoms with Gasteiger partial charge in [0.05, 0.1) is 0 Å². The molecule has 0 spiro atoms. The van der Waals surface area contributed by atoms with Gasteiger partial charge in [0.15, 0.2) is 0 Å². The van der Waals surface area contributed by atoms with Crippen LogP contribution in [0.3, 0.4) is 0 Å². The molecule has 1 aliphatic rings. The minimum absolute atomic E-state index is 0. The van der Waals surface area contributed by atoms with Gasteiger partial charge >= 0.3 is 41.9 Å². The average molecular weight is 589 g/mol. The van der Waals surface area contributed by atoms with Gasteiger partial charge in [0.25, 0.3) is 0 Å². The molecule has 3 aromatic carbocycles. The van der Waals surface area contributed by atoms with E-state index < -0.39 is 0 Å². The number of allylic oxidation sites excluding steroid dienone is 4. The van der Waals surface area contributed by atoms with Gasteiger partial charge in [-0.3, -0.25) is 6.08 Å². The average Bonchev–Trinajstić information content (AvgIpc) is 3.24. The van der Waals surface area contributed by atoms with Crippen LogP contribution in [-0.2, 0) is 28.8 Å². The van der Waals surface area contributed by atoms with Gasteiger partial charge in [0.1, 0.15) is 0 Å². The van der Waals surface area contributed by atoms with E-state index in [4.69, 9.17) is 0 Å². The van der Waals surface area contributed by atoms with Crippen molar-refractivity contribution in [1.29, 1.82) is 0 Å². The number of benzene rings is 2. The summed E-state index contributed by atoms with van der Waals surface area (Å²) in [4.78, 5) is 0. The molecule has 3 aromatic rings. The number of halogens is 2. The molecule has 0 aliphatic heterocycles. The fourth-order valence-corrected chi connectivity index (χ4v) is 3.71. The number of hydrogen-bond donors (Lipinski definition) is 0. The Balaban J connectivity index is 0.000000614. The molecule has 34 heavy (non-hydrogen) atoms. The van der Waals surface area contributed by atoms with Gasteiger partial charge in [-0.2, -0.15) is 11.1 Å². The molecule has 1 unspecified atom stereocenters. The van der Waals surface area contributed by atoms with E-state index in [0.717, 1.165) is 0 Å². The molecule has 0 bridgehead atoms. The maximum atomic E-state index is 3.36. The fourth-order valence-electron chi connectivity index (χ4n) is 3.71. The van der Waals surface area contributed by atoms with Crippen molar-refractivity contribution in [3.63, 3.8) is 0 Å². The van der Waals surface area contributed by atoms with E-state index in [1.54, 1.807) is 23.3 Å². The summed E-state index contributed by atoms with van der Waals surface area (Å²) >= 11 is 1.74. The van der Waals surface area contributed by atoms with Crippen molar-refractivity contribution in [3.8, 4) is 11.1 Å². The molecular formula is C30H38Cl2SiZr-2. The Morgan fingerprint density at radius 1 is 0.912 bits per heavy atom. The molecule has 4 heteroatoms. The van der Waals surface area contributed by atoms with Crippen LogP contribution < -0.4 is 24.8 Å². The third-order valence-corrected chi connectivity index (χ3v) is 5.98. The Labute approximate surface area is 235 Å². The molecule has 0 saturated carbocycles. The SMILES string of the molecule is CC(C)(C)c1ccc(-c2c[cH-]c3ccccc23)cc1.CC1=[C-]C(C)C(C)=C1C.C[Si](C)=[Zr+2].[Cl-].[Cl-]. The minimum atomic E-state index is 0. The molecule has 0 N–H and O–H groups in total. The third kappa shape index (κ3) is 9.34. The van der Waals surface area contributed by atoms with E-state index in [1.165, 1.54) is 44.2 Å². The molecule has 0 nitrogen and oxygen atoms in total. The van der Waals surface area contributed by atoms with E-state index >= 15 is 0 Å². The zero-order valence-electron chi connectivity index (χ0n) is 22.1. The molecule has 0 fully saturated rings. The Kier molecular flexibility index (Phi) is 14.4. The monoisotopic (exact) mass is 586 g/mol. The molecule has 0 amide bonds. The van der Waals surface area contributed by atoms with Crippen LogP contribution in [0, 0.1) is 12.0 Å². The van der Waals surface area contributed by atoms with Gasteiger partial charge in [-0.15, -0.1) is 53.6 Å².